The van der Waals surface area contributed by atoms with Crippen molar-refractivity contribution in [1.82, 2.24) is 0 Å². The molecule has 0 unspecified atom stereocenters. The first-order valence-corrected chi connectivity index (χ1v) is 5.29. The standard InChI is InChI=1S/C12H17BO3/c1-12(2,3)8-11(14)9-4-6-10(7-5-9)13(15)16/h4-7,15-16H,8H2,1-3H3. The molecule has 0 atom stereocenters. The molecule has 0 radical (unpaired) electrons. The van der Waals surface area contributed by atoms with Crippen LogP contribution in [0.2, 0.25) is 0 Å². The predicted octanol–water partition coefficient (Wildman–Crippen LogP) is 0.985. The van der Waals surface area contributed by atoms with Gasteiger partial charge >= 0.3 is 7.12 Å². The Morgan fingerprint density at radius 3 is 2.06 bits per heavy atom. The summed E-state index contributed by atoms with van der Waals surface area (Å²) in [4.78, 5) is 11.8. The lowest BCUT2D eigenvalue weighted by molar-refractivity contribution is 0.0940. The van der Waals surface area contributed by atoms with Crippen molar-refractivity contribution in [2.45, 2.75) is 27.2 Å². The van der Waals surface area contributed by atoms with Gasteiger partial charge in [0.25, 0.3) is 0 Å². The zero-order valence-electron chi connectivity index (χ0n) is 9.90. The van der Waals surface area contributed by atoms with Crippen molar-refractivity contribution in [3.8, 4) is 0 Å². The van der Waals surface area contributed by atoms with E-state index in [0.29, 0.717) is 17.4 Å². The van der Waals surface area contributed by atoms with E-state index in [1.54, 1.807) is 24.3 Å². The highest BCUT2D eigenvalue weighted by atomic mass is 16.4. The Bertz CT molecular complexity index is 363. The summed E-state index contributed by atoms with van der Waals surface area (Å²) in [5, 5.41) is 17.8. The molecule has 16 heavy (non-hydrogen) atoms. The smallest absolute Gasteiger partial charge is 0.423 e. The van der Waals surface area contributed by atoms with Gasteiger partial charge in [0.05, 0.1) is 0 Å². The van der Waals surface area contributed by atoms with Crippen LogP contribution in [-0.4, -0.2) is 22.9 Å². The van der Waals surface area contributed by atoms with Crippen LogP contribution >= 0.6 is 0 Å². The Kier molecular flexibility index (Phi) is 3.89. The van der Waals surface area contributed by atoms with E-state index in [0.717, 1.165) is 0 Å². The molecule has 0 bridgehead atoms. The molecule has 0 amide bonds. The second kappa shape index (κ2) is 4.81. The number of carbonyl (C=O) groups excluding carboxylic acids is 1. The van der Waals surface area contributed by atoms with Crippen molar-refractivity contribution >= 4 is 18.4 Å². The third kappa shape index (κ3) is 3.79. The van der Waals surface area contributed by atoms with E-state index in [4.69, 9.17) is 10.0 Å². The Hall–Kier alpha value is -1.13. The monoisotopic (exact) mass is 220 g/mol. The van der Waals surface area contributed by atoms with Gasteiger partial charge in [-0.25, -0.2) is 0 Å². The average molecular weight is 220 g/mol. The van der Waals surface area contributed by atoms with Gasteiger partial charge in [0, 0.05) is 12.0 Å². The number of Topliss-reactive ketones (excluding diaryl/α,β-unsaturated/α-hetero) is 1. The van der Waals surface area contributed by atoms with Gasteiger partial charge in [-0.3, -0.25) is 4.79 Å². The first-order chi connectivity index (χ1) is 7.29. The molecule has 0 saturated carbocycles. The Morgan fingerprint density at radius 1 is 1.19 bits per heavy atom. The van der Waals surface area contributed by atoms with Crippen LogP contribution in [0.1, 0.15) is 37.6 Å². The predicted molar refractivity (Wildman–Crippen MR) is 64.7 cm³/mol. The molecule has 1 rings (SSSR count). The SMILES string of the molecule is CC(C)(C)CC(=O)c1ccc(B(O)O)cc1. The number of carbonyl (C=O) groups is 1. The van der Waals surface area contributed by atoms with E-state index in [9.17, 15) is 4.79 Å². The van der Waals surface area contributed by atoms with Gasteiger partial charge in [0.2, 0.25) is 0 Å². The summed E-state index contributed by atoms with van der Waals surface area (Å²) in [5.74, 6) is 0.0754. The quantitative estimate of drug-likeness (QED) is 0.589. The summed E-state index contributed by atoms with van der Waals surface area (Å²) in [6.45, 7) is 6.03. The van der Waals surface area contributed by atoms with Crippen LogP contribution in [0.4, 0.5) is 0 Å². The van der Waals surface area contributed by atoms with Gasteiger partial charge < -0.3 is 10.0 Å². The van der Waals surface area contributed by atoms with Crippen molar-refractivity contribution < 1.29 is 14.8 Å². The topological polar surface area (TPSA) is 57.5 Å². The third-order valence-corrected chi connectivity index (χ3v) is 2.22. The van der Waals surface area contributed by atoms with Crippen LogP contribution in [0.25, 0.3) is 0 Å². The number of hydrogen-bond donors (Lipinski definition) is 2. The Morgan fingerprint density at radius 2 is 1.69 bits per heavy atom. The molecular formula is C12H17BO3. The fraction of sp³-hybridized carbons (Fsp3) is 0.417. The summed E-state index contributed by atoms with van der Waals surface area (Å²) in [6, 6.07) is 6.37. The molecule has 0 fully saturated rings. The second-order valence-corrected chi connectivity index (χ2v) is 5.16. The number of rotatable bonds is 3. The minimum atomic E-state index is -1.48. The lowest BCUT2D eigenvalue weighted by Crippen LogP contribution is -2.29. The van der Waals surface area contributed by atoms with E-state index < -0.39 is 7.12 Å². The van der Waals surface area contributed by atoms with E-state index in [-0.39, 0.29) is 11.2 Å². The molecule has 86 valence electrons. The van der Waals surface area contributed by atoms with Crippen molar-refractivity contribution in [1.29, 1.82) is 0 Å². The van der Waals surface area contributed by atoms with Crippen LogP contribution in [0.5, 0.6) is 0 Å². The number of ketones is 1. The molecule has 0 aliphatic rings. The summed E-state index contributed by atoms with van der Waals surface area (Å²) in [6.07, 6.45) is 0.480. The zero-order chi connectivity index (χ0) is 12.3. The minimum Gasteiger partial charge on any atom is -0.423 e. The first kappa shape index (κ1) is 12.9. The largest absolute Gasteiger partial charge is 0.488 e. The molecule has 0 spiro atoms. The van der Waals surface area contributed by atoms with Crippen LogP contribution in [0.15, 0.2) is 24.3 Å². The van der Waals surface area contributed by atoms with Gasteiger partial charge in [-0.2, -0.15) is 0 Å². The molecule has 3 nitrogen and oxygen atoms in total. The molecule has 1 aromatic carbocycles. The molecule has 4 heteroatoms. The highest BCUT2D eigenvalue weighted by molar-refractivity contribution is 6.58. The molecule has 0 heterocycles. The maximum atomic E-state index is 11.8. The summed E-state index contributed by atoms with van der Waals surface area (Å²) in [7, 11) is -1.48. The lowest BCUT2D eigenvalue weighted by atomic mass is 9.79. The van der Waals surface area contributed by atoms with Crippen molar-refractivity contribution in [3.05, 3.63) is 29.8 Å². The van der Waals surface area contributed by atoms with Crippen molar-refractivity contribution in [2.24, 2.45) is 5.41 Å². The van der Waals surface area contributed by atoms with Gasteiger partial charge in [0.15, 0.2) is 5.78 Å². The Balaban J connectivity index is 2.78. The zero-order valence-corrected chi connectivity index (χ0v) is 9.90. The van der Waals surface area contributed by atoms with Gasteiger partial charge in [-0.15, -0.1) is 0 Å². The van der Waals surface area contributed by atoms with Crippen molar-refractivity contribution in [3.63, 3.8) is 0 Å². The number of benzene rings is 1. The third-order valence-electron chi connectivity index (χ3n) is 2.22. The first-order valence-electron chi connectivity index (χ1n) is 5.29. The van der Waals surface area contributed by atoms with E-state index >= 15 is 0 Å². The molecular weight excluding hydrogens is 203 g/mol. The van der Waals surface area contributed by atoms with E-state index in [1.807, 2.05) is 20.8 Å². The summed E-state index contributed by atoms with van der Waals surface area (Å²) in [5.41, 5.74) is 0.971. The maximum Gasteiger partial charge on any atom is 0.488 e. The van der Waals surface area contributed by atoms with E-state index in [2.05, 4.69) is 0 Å². The highest BCUT2D eigenvalue weighted by Gasteiger charge is 2.18. The fourth-order valence-corrected chi connectivity index (χ4v) is 1.42. The lowest BCUT2D eigenvalue weighted by Gasteiger charge is -2.16. The maximum absolute atomic E-state index is 11.8. The summed E-state index contributed by atoms with van der Waals surface area (Å²) < 4.78 is 0. The van der Waals surface area contributed by atoms with Crippen LogP contribution in [-0.2, 0) is 0 Å². The molecule has 0 saturated heterocycles. The van der Waals surface area contributed by atoms with Gasteiger partial charge in [-0.05, 0) is 10.9 Å². The molecule has 2 N–H and O–H groups in total. The van der Waals surface area contributed by atoms with Crippen LogP contribution in [0, 0.1) is 5.41 Å². The van der Waals surface area contributed by atoms with E-state index in [1.165, 1.54) is 0 Å². The minimum absolute atomic E-state index is 0.0355. The molecule has 0 aliphatic carbocycles. The average Bonchev–Trinajstić information content (AvgIpc) is 2.15. The normalized spacial score (nSPS) is 11.3. The Labute approximate surface area is 96.3 Å². The summed E-state index contributed by atoms with van der Waals surface area (Å²) >= 11 is 0. The molecule has 0 aliphatic heterocycles. The van der Waals surface area contributed by atoms with Gasteiger partial charge in [-0.1, -0.05) is 45.0 Å². The highest BCUT2D eigenvalue weighted by Crippen LogP contribution is 2.21. The van der Waals surface area contributed by atoms with Crippen LogP contribution < -0.4 is 5.46 Å². The fourth-order valence-electron chi connectivity index (χ4n) is 1.42. The molecule has 0 aromatic heterocycles. The van der Waals surface area contributed by atoms with Crippen molar-refractivity contribution in [2.75, 3.05) is 0 Å². The van der Waals surface area contributed by atoms with Crippen LogP contribution in [0.3, 0.4) is 0 Å². The molecule has 1 aromatic rings. The number of hydrogen-bond acceptors (Lipinski definition) is 3. The van der Waals surface area contributed by atoms with Gasteiger partial charge in [0.1, 0.15) is 0 Å². The second-order valence-electron chi connectivity index (χ2n) is 5.16.